The maximum Gasteiger partial charge on any atom is 0.191 e. The van der Waals surface area contributed by atoms with Gasteiger partial charge in [-0.1, -0.05) is 13.3 Å². The number of benzene rings is 1. The third-order valence-corrected chi connectivity index (χ3v) is 6.87. The van der Waals surface area contributed by atoms with Crippen molar-refractivity contribution in [2.75, 3.05) is 39.7 Å². The minimum absolute atomic E-state index is 0. The zero-order chi connectivity index (χ0) is 21.8. The van der Waals surface area contributed by atoms with Gasteiger partial charge in [-0.05, 0) is 26.2 Å². The molecule has 0 aliphatic heterocycles. The number of hydrogen-bond acceptors (Lipinski definition) is 5. The van der Waals surface area contributed by atoms with Crippen molar-refractivity contribution in [3.05, 3.63) is 18.2 Å². The van der Waals surface area contributed by atoms with Crippen LogP contribution in [-0.4, -0.2) is 61.1 Å². The summed E-state index contributed by atoms with van der Waals surface area (Å²) in [5.41, 5.74) is 0. The number of halogens is 1. The van der Waals surface area contributed by atoms with Crippen LogP contribution in [-0.2, 0) is 10.8 Å². The fourth-order valence-corrected chi connectivity index (χ4v) is 4.92. The summed E-state index contributed by atoms with van der Waals surface area (Å²) in [6.45, 7) is 6.09. The number of hydrogen-bond donors (Lipinski definition) is 2. The van der Waals surface area contributed by atoms with E-state index in [0.29, 0.717) is 35.9 Å². The highest BCUT2D eigenvalue weighted by Crippen LogP contribution is 2.27. The molecule has 0 spiro atoms. The average molecular weight is 568 g/mol. The third kappa shape index (κ3) is 9.84. The Kier molecular flexibility index (Phi) is 13.9. The smallest absolute Gasteiger partial charge is 0.191 e. The molecule has 0 radical (unpaired) electrons. The van der Waals surface area contributed by atoms with Crippen molar-refractivity contribution >= 4 is 40.7 Å². The molecule has 31 heavy (non-hydrogen) atoms. The molecule has 1 aliphatic rings. The molecule has 0 heterocycles. The lowest BCUT2D eigenvalue weighted by atomic mass is 9.95. The van der Waals surface area contributed by atoms with Crippen molar-refractivity contribution < 1.29 is 18.4 Å². The summed E-state index contributed by atoms with van der Waals surface area (Å²) in [5.74, 6) is 3.70. The van der Waals surface area contributed by atoms with Crippen LogP contribution in [0.2, 0.25) is 0 Å². The predicted molar refractivity (Wildman–Crippen MR) is 139 cm³/mol. The van der Waals surface area contributed by atoms with E-state index >= 15 is 0 Å². The molecule has 0 bridgehead atoms. The molecule has 9 heteroatoms. The number of nitrogens with zero attached hydrogens (tertiary/aromatic N) is 1. The number of ether oxygens (including phenoxy) is 3. The number of methoxy groups -OCH3 is 2. The van der Waals surface area contributed by atoms with Crippen LogP contribution in [0, 0.1) is 0 Å². The van der Waals surface area contributed by atoms with Gasteiger partial charge in [0, 0.05) is 65.6 Å². The molecular formula is C22H38IN3O4S. The molecule has 3 unspecified atom stereocenters. The second kappa shape index (κ2) is 15.6. The molecule has 2 rings (SSSR count). The molecule has 1 saturated carbocycles. The van der Waals surface area contributed by atoms with Gasteiger partial charge in [0.05, 0.1) is 20.8 Å². The van der Waals surface area contributed by atoms with Gasteiger partial charge >= 0.3 is 0 Å². The summed E-state index contributed by atoms with van der Waals surface area (Å²) in [5, 5.41) is 7.15. The van der Waals surface area contributed by atoms with Gasteiger partial charge in [0.2, 0.25) is 0 Å². The van der Waals surface area contributed by atoms with E-state index in [0.717, 1.165) is 56.1 Å². The van der Waals surface area contributed by atoms with Crippen molar-refractivity contribution in [1.82, 2.24) is 10.6 Å². The van der Waals surface area contributed by atoms with Crippen molar-refractivity contribution in [3.8, 4) is 17.2 Å². The summed E-state index contributed by atoms with van der Waals surface area (Å²) in [6.07, 6.45) is 5.03. The van der Waals surface area contributed by atoms with Crippen LogP contribution in [0.15, 0.2) is 23.2 Å². The first-order chi connectivity index (χ1) is 14.6. The average Bonchev–Trinajstić information content (AvgIpc) is 2.78. The number of nitrogens with one attached hydrogen (secondary N) is 2. The maximum atomic E-state index is 12.2. The monoisotopic (exact) mass is 567 g/mol. The predicted octanol–water partition coefficient (Wildman–Crippen LogP) is 3.73. The molecule has 1 aromatic carbocycles. The van der Waals surface area contributed by atoms with Crippen LogP contribution in [0.5, 0.6) is 17.2 Å². The molecule has 1 aliphatic carbocycles. The summed E-state index contributed by atoms with van der Waals surface area (Å²) in [7, 11) is 2.53. The van der Waals surface area contributed by atoms with E-state index in [1.165, 1.54) is 0 Å². The molecule has 3 atom stereocenters. The third-order valence-electron chi connectivity index (χ3n) is 5.13. The number of guanidine groups is 1. The first kappa shape index (κ1) is 27.8. The first-order valence-corrected chi connectivity index (χ1v) is 12.3. The maximum absolute atomic E-state index is 12.2. The molecule has 1 aromatic rings. The highest BCUT2D eigenvalue weighted by atomic mass is 127. The topological polar surface area (TPSA) is 81.2 Å². The van der Waals surface area contributed by atoms with Gasteiger partial charge in [0.25, 0.3) is 0 Å². The Hall–Kier alpha value is -1.23. The Labute approximate surface area is 206 Å². The second-order valence-electron chi connectivity index (χ2n) is 7.31. The van der Waals surface area contributed by atoms with Crippen LogP contribution < -0.4 is 24.8 Å². The molecule has 178 valence electrons. The Morgan fingerprint density at radius 1 is 1.13 bits per heavy atom. The van der Waals surface area contributed by atoms with Crippen LogP contribution >= 0.6 is 24.0 Å². The standard InChI is InChI=1S/C22H37N3O4S.HI/c1-5-23-22(25-17-9-7-10-21(13-17)30(26)6-2)24-11-8-12-29-20-15-18(27-3)14-19(16-20)28-4;/h14-17,21H,5-13H2,1-4H3,(H2,23,24,25);1H. The summed E-state index contributed by atoms with van der Waals surface area (Å²) in [6, 6.07) is 5.84. The normalized spacial score (nSPS) is 19.7. The highest BCUT2D eigenvalue weighted by Gasteiger charge is 2.25. The number of aliphatic imine (C=N–C) groups is 1. The van der Waals surface area contributed by atoms with Crippen LogP contribution in [0.3, 0.4) is 0 Å². The van der Waals surface area contributed by atoms with E-state index in [9.17, 15) is 4.21 Å². The van der Waals surface area contributed by atoms with Crippen LogP contribution in [0.1, 0.15) is 46.0 Å². The zero-order valence-corrected chi connectivity index (χ0v) is 22.3. The van der Waals surface area contributed by atoms with Gasteiger partial charge in [-0.3, -0.25) is 9.20 Å². The fourth-order valence-electron chi connectivity index (χ4n) is 3.57. The Morgan fingerprint density at radius 3 is 2.42 bits per heavy atom. The molecular weight excluding hydrogens is 529 g/mol. The molecule has 1 fully saturated rings. The Morgan fingerprint density at radius 2 is 1.81 bits per heavy atom. The first-order valence-electron chi connectivity index (χ1n) is 10.9. The van der Waals surface area contributed by atoms with Gasteiger partial charge in [0.1, 0.15) is 17.2 Å². The number of rotatable bonds is 11. The summed E-state index contributed by atoms with van der Waals surface area (Å²) >= 11 is 0. The molecule has 2 N–H and O–H groups in total. The Bertz CT molecular complexity index is 683. The SMILES string of the molecule is CCNC(=NCCCOc1cc(OC)cc(OC)c1)NC1CCCC(S(=O)CC)C1.I. The van der Waals surface area contributed by atoms with Gasteiger partial charge in [0.15, 0.2) is 5.96 Å². The van der Waals surface area contributed by atoms with Gasteiger partial charge in [-0.15, -0.1) is 24.0 Å². The van der Waals surface area contributed by atoms with E-state index in [4.69, 9.17) is 14.2 Å². The van der Waals surface area contributed by atoms with E-state index in [2.05, 4.69) is 22.5 Å². The van der Waals surface area contributed by atoms with Crippen molar-refractivity contribution in [2.45, 2.75) is 57.2 Å². The van der Waals surface area contributed by atoms with E-state index < -0.39 is 10.8 Å². The summed E-state index contributed by atoms with van der Waals surface area (Å²) < 4.78 is 28.5. The Balaban J connectivity index is 0.00000480. The van der Waals surface area contributed by atoms with Crippen molar-refractivity contribution in [2.24, 2.45) is 4.99 Å². The van der Waals surface area contributed by atoms with Gasteiger partial charge in [-0.2, -0.15) is 0 Å². The van der Waals surface area contributed by atoms with Crippen molar-refractivity contribution in [3.63, 3.8) is 0 Å². The van der Waals surface area contributed by atoms with E-state index in [1.54, 1.807) is 14.2 Å². The quantitative estimate of drug-likeness (QED) is 0.184. The fraction of sp³-hybridized carbons (Fsp3) is 0.682. The minimum atomic E-state index is -0.719. The van der Waals surface area contributed by atoms with Gasteiger partial charge < -0.3 is 24.8 Å². The van der Waals surface area contributed by atoms with E-state index in [-0.39, 0.29) is 24.0 Å². The lowest BCUT2D eigenvalue weighted by Crippen LogP contribution is -2.46. The van der Waals surface area contributed by atoms with Crippen molar-refractivity contribution in [1.29, 1.82) is 0 Å². The molecule has 0 amide bonds. The zero-order valence-electron chi connectivity index (χ0n) is 19.1. The minimum Gasteiger partial charge on any atom is -0.496 e. The molecule has 0 aromatic heterocycles. The van der Waals surface area contributed by atoms with Crippen LogP contribution in [0.25, 0.3) is 0 Å². The lowest BCUT2D eigenvalue weighted by molar-refractivity contribution is 0.307. The summed E-state index contributed by atoms with van der Waals surface area (Å²) in [4.78, 5) is 4.69. The molecule has 0 saturated heterocycles. The van der Waals surface area contributed by atoms with Crippen LogP contribution in [0.4, 0.5) is 0 Å². The largest absolute Gasteiger partial charge is 0.496 e. The highest BCUT2D eigenvalue weighted by molar-refractivity contribution is 14.0. The lowest BCUT2D eigenvalue weighted by Gasteiger charge is -2.30. The van der Waals surface area contributed by atoms with Gasteiger partial charge in [-0.25, -0.2) is 0 Å². The van der Waals surface area contributed by atoms with E-state index in [1.807, 2.05) is 25.1 Å². The second-order valence-corrected chi connectivity index (χ2v) is 9.32. The molecule has 7 nitrogen and oxygen atoms in total.